The fourth-order valence-corrected chi connectivity index (χ4v) is 1.21. The number of nitrogens with two attached hydrogens (primary N) is 1. The molecule has 14 heavy (non-hydrogen) atoms. The van der Waals surface area contributed by atoms with Gasteiger partial charge in [0.25, 0.3) is 0 Å². The number of hydrogen-bond acceptors (Lipinski definition) is 4. The largest absolute Gasteiger partial charge is 0.497 e. The molecule has 0 atom stereocenters. The van der Waals surface area contributed by atoms with Crippen molar-refractivity contribution in [2.75, 3.05) is 12.8 Å². The van der Waals surface area contributed by atoms with Crippen LogP contribution >= 0.6 is 0 Å². The van der Waals surface area contributed by atoms with Gasteiger partial charge < -0.3 is 15.0 Å². The van der Waals surface area contributed by atoms with Gasteiger partial charge in [-0.1, -0.05) is 5.16 Å². The Balaban J connectivity index is 2.39. The van der Waals surface area contributed by atoms with Crippen molar-refractivity contribution in [3.05, 3.63) is 30.5 Å². The van der Waals surface area contributed by atoms with Gasteiger partial charge in [-0.25, -0.2) is 0 Å². The van der Waals surface area contributed by atoms with Gasteiger partial charge in [-0.3, -0.25) is 0 Å². The Kier molecular flexibility index (Phi) is 2.10. The SMILES string of the molecule is COc1ccc(-c2oncc2N)cc1. The van der Waals surface area contributed by atoms with E-state index >= 15 is 0 Å². The Bertz CT molecular complexity index is 420. The van der Waals surface area contributed by atoms with E-state index in [9.17, 15) is 0 Å². The average Bonchev–Trinajstić information content (AvgIpc) is 2.65. The average molecular weight is 190 g/mol. The van der Waals surface area contributed by atoms with Gasteiger partial charge in [0, 0.05) is 5.56 Å². The molecule has 1 heterocycles. The first kappa shape index (κ1) is 8.62. The lowest BCUT2D eigenvalue weighted by Crippen LogP contribution is -1.85. The van der Waals surface area contributed by atoms with Gasteiger partial charge in [-0.15, -0.1) is 0 Å². The summed E-state index contributed by atoms with van der Waals surface area (Å²) in [4.78, 5) is 0. The van der Waals surface area contributed by atoms with Crippen LogP contribution < -0.4 is 10.5 Å². The number of hydrogen-bond donors (Lipinski definition) is 1. The number of benzene rings is 1. The zero-order chi connectivity index (χ0) is 9.97. The normalized spacial score (nSPS) is 10.1. The molecular weight excluding hydrogens is 180 g/mol. The first-order chi connectivity index (χ1) is 6.81. The molecule has 2 N–H and O–H groups in total. The molecule has 4 nitrogen and oxygen atoms in total. The van der Waals surface area contributed by atoms with Crippen LogP contribution in [0.25, 0.3) is 11.3 Å². The van der Waals surface area contributed by atoms with Crippen LogP contribution in [-0.2, 0) is 0 Å². The zero-order valence-corrected chi connectivity index (χ0v) is 7.73. The monoisotopic (exact) mass is 190 g/mol. The highest BCUT2D eigenvalue weighted by molar-refractivity contribution is 5.70. The Morgan fingerprint density at radius 1 is 1.29 bits per heavy atom. The first-order valence-electron chi connectivity index (χ1n) is 4.16. The summed E-state index contributed by atoms with van der Waals surface area (Å²) < 4.78 is 10.0. The molecule has 72 valence electrons. The Labute approximate surface area is 81.3 Å². The minimum atomic E-state index is 0.537. The summed E-state index contributed by atoms with van der Waals surface area (Å²) in [5.41, 5.74) is 7.08. The van der Waals surface area contributed by atoms with Gasteiger partial charge in [0.05, 0.1) is 13.3 Å². The number of aromatic nitrogens is 1. The Hall–Kier alpha value is -1.97. The lowest BCUT2D eigenvalue weighted by Gasteiger charge is -2.00. The van der Waals surface area contributed by atoms with Gasteiger partial charge in [0.2, 0.25) is 0 Å². The third-order valence-electron chi connectivity index (χ3n) is 1.95. The topological polar surface area (TPSA) is 61.3 Å². The second kappa shape index (κ2) is 3.41. The van der Waals surface area contributed by atoms with E-state index in [2.05, 4.69) is 5.16 Å². The fraction of sp³-hybridized carbons (Fsp3) is 0.100. The molecule has 0 amide bonds. The van der Waals surface area contributed by atoms with E-state index in [0.717, 1.165) is 11.3 Å². The molecule has 4 heteroatoms. The molecule has 0 unspecified atom stereocenters. The van der Waals surface area contributed by atoms with Crippen molar-refractivity contribution in [1.29, 1.82) is 0 Å². The second-order valence-electron chi connectivity index (χ2n) is 2.84. The third kappa shape index (κ3) is 1.42. The predicted molar refractivity (Wildman–Crippen MR) is 52.9 cm³/mol. The highest BCUT2D eigenvalue weighted by Gasteiger charge is 2.06. The van der Waals surface area contributed by atoms with Crippen LogP contribution in [0.5, 0.6) is 5.75 Å². The summed E-state index contributed by atoms with van der Waals surface area (Å²) >= 11 is 0. The molecule has 0 saturated heterocycles. The number of methoxy groups -OCH3 is 1. The first-order valence-corrected chi connectivity index (χ1v) is 4.16. The van der Waals surface area contributed by atoms with Crippen LogP contribution in [0, 0.1) is 0 Å². The molecule has 2 aromatic rings. The fourth-order valence-electron chi connectivity index (χ4n) is 1.21. The molecule has 1 aromatic carbocycles. The van der Waals surface area contributed by atoms with Crippen molar-refractivity contribution < 1.29 is 9.26 Å². The van der Waals surface area contributed by atoms with Crippen LogP contribution in [0.4, 0.5) is 5.69 Å². The lowest BCUT2D eigenvalue weighted by atomic mass is 10.1. The van der Waals surface area contributed by atoms with Crippen molar-refractivity contribution in [2.24, 2.45) is 0 Å². The second-order valence-corrected chi connectivity index (χ2v) is 2.84. The smallest absolute Gasteiger partial charge is 0.189 e. The number of nitrogen functional groups attached to an aromatic ring is 1. The maximum Gasteiger partial charge on any atom is 0.189 e. The molecule has 0 saturated carbocycles. The van der Waals surface area contributed by atoms with Crippen LogP contribution in [-0.4, -0.2) is 12.3 Å². The lowest BCUT2D eigenvalue weighted by molar-refractivity contribution is 0.414. The van der Waals surface area contributed by atoms with E-state index in [0.29, 0.717) is 11.4 Å². The summed E-state index contributed by atoms with van der Waals surface area (Å²) in [7, 11) is 1.62. The molecule has 0 spiro atoms. The van der Waals surface area contributed by atoms with Gasteiger partial charge in [-0.2, -0.15) is 0 Å². The number of ether oxygens (including phenoxy) is 1. The van der Waals surface area contributed by atoms with Crippen molar-refractivity contribution in [3.8, 4) is 17.1 Å². The van der Waals surface area contributed by atoms with Crippen LogP contribution in [0.1, 0.15) is 0 Å². The molecule has 0 aliphatic carbocycles. The van der Waals surface area contributed by atoms with Gasteiger partial charge in [0.1, 0.15) is 11.4 Å². The van der Waals surface area contributed by atoms with Gasteiger partial charge >= 0.3 is 0 Å². The van der Waals surface area contributed by atoms with Crippen LogP contribution in [0.15, 0.2) is 35.0 Å². The molecule has 0 aliphatic rings. The van der Waals surface area contributed by atoms with E-state index in [4.69, 9.17) is 15.0 Å². The van der Waals surface area contributed by atoms with Crippen molar-refractivity contribution >= 4 is 5.69 Å². The van der Waals surface area contributed by atoms with Crippen molar-refractivity contribution in [1.82, 2.24) is 5.16 Å². The number of rotatable bonds is 2. The van der Waals surface area contributed by atoms with Crippen LogP contribution in [0.2, 0.25) is 0 Å². The highest BCUT2D eigenvalue weighted by Crippen LogP contribution is 2.26. The summed E-state index contributed by atoms with van der Waals surface area (Å²) in [5.74, 6) is 1.39. The number of anilines is 1. The maximum absolute atomic E-state index is 5.66. The maximum atomic E-state index is 5.66. The van der Waals surface area contributed by atoms with E-state index in [1.54, 1.807) is 7.11 Å². The van der Waals surface area contributed by atoms with E-state index in [1.807, 2.05) is 24.3 Å². The minimum absolute atomic E-state index is 0.537. The van der Waals surface area contributed by atoms with Gasteiger partial charge in [-0.05, 0) is 24.3 Å². The predicted octanol–water partition coefficient (Wildman–Crippen LogP) is 1.93. The quantitative estimate of drug-likeness (QED) is 0.786. The molecule has 2 rings (SSSR count). The summed E-state index contributed by atoms with van der Waals surface area (Å²) in [5, 5.41) is 3.61. The number of nitrogens with zero attached hydrogens (tertiary/aromatic N) is 1. The van der Waals surface area contributed by atoms with E-state index in [-0.39, 0.29) is 0 Å². The molecule has 0 bridgehead atoms. The van der Waals surface area contributed by atoms with Crippen molar-refractivity contribution in [3.63, 3.8) is 0 Å². The molecule has 0 aliphatic heterocycles. The molecular formula is C10H10N2O2. The zero-order valence-electron chi connectivity index (χ0n) is 7.73. The Morgan fingerprint density at radius 3 is 2.50 bits per heavy atom. The van der Waals surface area contributed by atoms with Crippen LogP contribution in [0.3, 0.4) is 0 Å². The summed E-state index contributed by atoms with van der Waals surface area (Å²) in [6.07, 6.45) is 1.49. The standard InChI is InChI=1S/C10H10N2O2/c1-13-8-4-2-7(3-5-8)10-9(11)6-12-14-10/h2-6H,11H2,1H3. The molecule has 0 radical (unpaired) electrons. The van der Waals surface area contributed by atoms with E-state index in [1.165, 1.54) is 6.20 Å². The molecule has 1 aromatic heterocycles. The Morgan fingerprint density at radius 2 is 2.00 bits per heavy atom. The highest BCUT2D eigenvalue weighted by atomic mass is 16.5. The van der Waals surface area contributed by atoms with Crippen molar-refractivity contribution in [2.45, 2.75) is 0 Å². The summed E-state index contributed by atoms with van der Waals surface area (Å²) in [6.45, 7) is 0. The van der Waals surface area contributed by atoms with E-state index < -0.39 is 0 Å². The minimum Gasteiger partial charge on any atom is -0.497 e. The van der Waals surface area contributed by atoms with Gasteiger partial charge in [0.15, 0.2) is 5.76 Å². The third-order valence-corrected chi connectivity index (χ3v) is 1.95. The summed E-state index contributed by atoms with van der Waals surface area (Å²) in [6, 6.07) is 7.43. The molecule has 0 fully saturated rings.